The topological polar surface area (TPSA) is 106 Å². The Balaban J connectivity index is 0.000000696. The molecule has 0 saturated heterocycles. The van der Waals surface area contributed by atoms with Crippen molar-refractivity contribution < 1.29 is 19.2 Å². The second kappa shape index (κ2) is 11.5. The van der Waals surface area contributed by atoms with Crippen LogP contribution in [0.15, 0.2) is 24.3 Å². The summed E-state index contributed by atoms with van der Waals surface area (Å²) in [6.07, 6.45) is 2.42. The van der Waals surface area contributed by atoms with Crippen LogP contribution in [0, 0.1) is 13.8 Å². The van der Waals surface area contributed by atoms with Gasteiger partial charge in [-0.05, 0) is 64.9 Å². The Bertz CT molecular complexity index is 782. The fourth-order valence-electron chi connectivity index (χ4n) is 3.10. The molecule has 4 N–H and O–H groups in total. The highest BCUT2D eigenvalue weighted by molar-refractivity contribution is 7.45. The maximum absolute atomic E-state index is 8.88. The van der Waals surface area contributed by atoms with Gasteiger partial charge in [-0.2, -0.15) is 0 Å². The molecule has 0 aliphatic carbocycles. The smallest absolute Gasteiger partial charge is 0.382 e. The molecule has 8 heteroatoms. The van der Waals surface area contributed by atoms with E-state index in [2.05, 4.69) is 69.1 Å². The van der Waals surface area contributed by atoms with Crippen molar-refractivity contribution in [1.82, 2.24) is 9.88 Å². The first-order chi connectivity index (χ1) is 13.1. The lowest BCUT2D eigenvalue weighted by Crippen LogP contribution is -2.25. The second-order valence-electron chi connectivity index (χ2n) is 6.94. The van der Waals surface area contributed by atoms with Crippen LogP contribution in [0.3, 0.4) is 0 Å². The molecule has 0 aliphatic rings. The number of nitrogens with zero attached hydrogens (tertiary/aromatic N) is 2. The Morgan fingerprint density at radius 2 is 1.71 bits per heavy atom. The van der Waals surface area contributed by atoms with Crippen molar-refractivity contribution in [3.05, 3.63) is 35.5 Å². The molecular formula is C20H34N3O4P. The van der Waals surface area contributed by atoms with Crippen molar-refractivity contribution in [2.45, 2.75) is 53.5 Å². The van der Waals surface area contributed by atoms with Crippen LogP contribution in [0.1, 0.15) is 44.9 Å². The van der Waals surface area contributed by atoms with Crippen molar-refractivity contribution in [3.63, 3.8) is 0 Å². The number of aryl methyl sites for hydroxylation is 1. The monoisotopic (exact) mass is 411 g/mol. The molecule has 0 spiro atoms. The third-order valence-corrected chi connectivity index (χ3v) is 4.78. The number of phosphoric acid groups is 1. The van der Waals surface area contributed by atoms with E-state index in [9.17, 15) is 0 Å². The number of para-hydroxylation sites is 1. The van der Waals surface area contributed by atoms with Gasteiger partial charge < -0.3 is 24.9 Å². The van der Waals surface area contributed by atoms with E-state index in [4.69, 9.17) is 24.2 Å². The number of pyridine rings is 1. The molecule has 1 heterocycles. The summed E-state index contributed by atoms with van der Waals surface area (Å²) in [6, 6.07) is 8.88. The van der Waals surface area contributed by atoms with E-state index in [0.717, 1.165) is 24.3 Å². The Labute approximate surface area is 168 Å². The minimum Gasteiger partial charge on any atom is -0.382 e. The molecule has 7 nitrogen and oxygen atoms in total. The van der Waals surface area contributed by atoms with Crippen molar-refractivity contribution in [1.29, 1.82) is 0 Å². The van der Waals surface area contributed by atoms with Gasteiger partial charge in [-0.1, -0.05) is 32.0 Å². The fourth-order valence-corrected chi connectivity index (χ4v) is 3.10. The van der Waals surface area contributed by atoms with E-state index in [1.807, 2.05) is 0 Å². The van der Waals surface area contributed by atoms with E-state index in [0.29, 0.717) is 6.04 Å². The largest absolute Gasteiger partial charge is 0.466 e. The predicted octanol–water partition coefficient (Wildman–Crippen LogP) is 3.85. The SMILES string of the molecule is CCN(CC)CCCC(C)Nc1c(C)c(C)nc2ccccc12.O=P(O)(O)O. The van der Waals surface area contributed by atoms with E-state index in [1.54, 1.807) is 0 Å². The van der Waals surface area contributed by atoms with Gasteiger partial charge in [-0.15, -0.1) is 0 Å². The molecule has 1 aromatic heterocycles. The molecule has 158 valence electrons. The van der Waals surface area contributed by atoms with E-state index >= 15 is 0 Å². The molecule has 0 fully saturated rings. The van der Waals surface area contributed by atoms with Gasteiger partial charge in [-0.25, -0.2) is 4.57 Å². The van der Waals surface area contributed by atoms with Gasteiger partial charge in [0, 0.05) is 22.8 Å². The average molecular weight is 411 g/mol. The summed E-state index contributed by atoms with van der Waals surface area (Å²) in [4.78, 5) is 28.8. The number of benzene rings is 1. The van der Waals surface area contributed by atoms with Crippen LogP contribution in [-0.4, -0.2) is 50.2 Å². The summed E-state index contributed by atoms with van der Waals surface area (Å²) >= 11 is 0. The molecular weight excluding hydrogens is 377 g/mol. The molecule has 0 bridgehead atoms. The minimum absolute atomic E-state index is 0.467. The lowest BCUT2D eigenvalue weighted by Gasteiger charge is -2.22. The number of hydrogen-bond acceptors (Lipinski definition) is 4. The Kier molecular flexibility index (Phi) is 10.1. The fraction of sp³-hybridized carbons (Fsp3) is 0.550. The van der Waals surface area contributed by atoms with Gasteiger partial charge in [-0.3, -0.25) is 4.98 Å². The number of fused-ring (bicyclic) bond motifs is 1. The first-order valence-electron chi connectivity index (χ1n) is 9.69. The highest BCUT2D eigenvalue weighted by Crippen LogP contribution is 2.28. The lowest BCUT2D eigenvalue weighted by atomic mass is 10.1. The van der Waals surface area contributed by atoms with E-state index < -0.39 is 7.82 Å². The van der Waals surface area contributed by atoms with Crippen molar-refractivity contribution in [2.75, 3.05) is 25.0 Å². The summed E-state index contributed by atoms with van der Waals surface area (Å²) < 4.78 is 8.88. The highest BCUT2D eigenvalue weighted by Gasteiger charge is 2.12. The maximum atomic E-state index is 8.88. The van der Waals surface area contributed by atoms with Crippen LogP contribution in [0.5, 0.6) is 0 Å². The third kappa shape index (κ3) is 8.67. The molecule has 1 unspecified atom stereocenters. The van der Waals surface area contributed by atoms with Gasteiger partial charge in [0.1, 0.15) is 0 Å². The summed E-state index contributed by atoms with van der Waals surface area (Å²) in [5.41, 5.74) is 4.71. The van der Waals surface area contributed by atoms with Gasteiger partial charge >= 0.3 is 7.82 Å². The van der Waals surface area contributed by atoms with E-state index in [-0.39, 0.29) is 0 Å². The summed E-state index contributed by atoms with van der Waals surface area (Å²) in [5, 5.41) is 4.97. The van der Waals surface area contributed by atoms with Gasteiger partial charge in [0.2, 0.25) is 0 Å². The molecule has 1 atom stereocenters. The molecule has 0 radical (unpaired) electrons. The molecule has 0 aliphatic heterocycles. The molecule has 0 saturated carbocycles. The molecule has 1 aromatic carbocycles. The second-order valence-corrected chi connectivity index (χ2v) is 7.97. The maximum Gasteiger partial charge on any atom is 0.466 e. The molecule has 2 aromatic rings. The summed E-state index contributed by atoms with van der Waals surface area (Å²) in [6.45, 7) is 14.5. The zero-order valence-electron chi connectivity index (χ0n) is 17.5. The summed E-state index contributed by atoms with van der Waals surface area (Å²) in [5.74, 6) is 0. The molecule has 0 amide bonds. The molecule has 28 heavy (non-hydrogen) atoms. The first kappa shape index (κ1) is 24.5. The first-order valence-corrected chi connectivity index (χ1v) is 11.3. The number of nitrogens with one attached hydrogen (secondary N) is 1. The van der Waals surface area contributed by atoms with Crippen molar-refractivity contribution >= 4 is 24.4 Å². The predicted molar refractivity (Wildman–Crippen MR) is 116 cm³/mol. The summed E-state index contributed by atoms with van der Waals surface area (Å²) in [7, 11) is -4.64. The zero-order chi connectivity index (χ0) is 21.3. The minimum atomic E-state index is -4.64. The van der Waals surface area contributed by atoms with Gasteiger partial charge in [0.15, 0.2) is 0 Å². The quantitative estimate of drug-likeness (QED) is 0.489. The third-order valence-electron chi connectivity index (χ3n) is 4.78. The number of aromatic nitrogens is 1. The lowest BCUT2D eigenvalue weighted by molar-refractivity contribution is 0.275. The van der Waals surface area contributed by atoms with Crippen LogP contribution in [0.25, 0.3) is 10.9 Å². The number of rotatable bonds is 8. The van der Waals surface area contributed by atoms with Gasteiger partial charge in [0.05, 0.1) is 5.52 Å². The molecule has 2 rings (SSSR count). The van der Waals surface area contributed by atoms with E-state index in [1.165, 1.54) is 36.0 Å². The van der Waals surface area contributed by atoms with Crippen LogP contribution >= 0.6 is 7.82 Å². The Morgan fingerprint density at radius 3 is 2.29 bits per heavy atom. The normalized spacial score (nSPS) is 12.6. The van der Waals surface area contributed by atoms with Crippen molar-refractivity contribution in [3.8, 4) is 0 Å². The highest BCUT2D eigenvalue weighted by atomic mass is 31.2. The van der Waals surface area contributed by atoms with Crippen LogP contribution in [0.4, 0.5) is 5.69 Å². The van der Waals surface area contributed by atoms with Crippen LogP contribution in [-0.2, 0) is 4.57 Å². The number of hydrogen-bond donors (Lipinski definition) is 4. The van der Waals surface area contributed by atoms with Crippen LogP contribution < -0.4 is 5.32 Å². The average Bonchev–Trinajstić information content (AvgIpc) is 2.61. The number of anilines is 1. The van der Waals surface area contributed by atoms with Gasteiger partial charge in [0.25, 0.3) is 0 Å². The zero-order valence-corrected chi connectivity index (χ0v) is 18.4. The van der Waals surface area contributed by atoms with Crippen LogP contribution in [0.2, 0.25) is 0 Å². The van der Waals surface area contributed by atoms with Crippen molar-refractivity contribution in [2.24, 2.45) is 0 Å². The Hall–Kier alpha value is -1.50. The standard InChI is InChI=1S/C20H31N3.H3O4P/c1-6-23(7-2)14-10-11-15(3)21-20-16(4)17(5)22-19-13-9-8-12-18(19)20;1-5(2,3)4/h8-9,12-13,15H,6-7,10-11,14H2,1-5H3,(H,21,22);(H3,1,2,3,4). The Morgan fingerprint density at radius 1 is 1.14 bits per heavy atom.